The number of nitrogens with one attached hydrogen (secondary N) is 1. The summed E-state index contributed by atoms with van der Waals surface area (Å²) in [4.78, 5) is 2.26. The number of aromatic nitrogens is 2. The number of aromatic amines is 1. The summed E-state index contributed by atoms with van der Waals surface area (Å²) in [5.74, 6) is 1.01. The first-order chi connectivity index (χ1) is 12.1. The van der Waals surface area contributed by atoms with Gasteiger partial charge >= 0.3 is 0 Å². The van der Waals surface area contributed by atoms with Crippen molar-refractivity contribution in [2.24, 2.45) is 0 Å². The van der Waals surface area contributed by atoms with E-state index in [9.17, 15) is 0 Å². The van der Waals surface area contributed by atoms with Crippen LogP contribution < -0.4 is 4.90 Å². The van der Waals surface area contributed by atoms with Gasteiger partial charge in [0.1, 0.15) is 0 Å². The van der Waals surface area contributed by atoms with Crippen molar-refractivity contribution >= 4 is 28.8 Å². The van der Waals surface area contributed by atoms with E-state index >= 15 is 0 Å². The Morgan fingerprint density at radius 2 is 1.72 bits per heavy atom. The van der Waals surface area contributed by atoms with Gasteiger partial charge in [-0.25, -0.2) is 0 Å². The number of rotatable bonds is 3. The Morgan fingerprint density at radius 1 is 1.00 bits per heavy atom. The summed E-state index contributed by atoms with van der Waals surface area (Å²) in [6, 6.07) is 14.4. The number of para-hydroxylation sites is 1. The third-order valence-electron chi connectivity index (χ3n) is 4.98. The third-order valence-corrected chi connectivity index (χ3v) is 5.21. The van der Waals surface area contributed by atoms with E-state index < -0.39 is 0 Å². The summed E-state index contributed by atoms with van der Waals surface area (Å²) < 4.78 is 0. The molecule has 0 unspecified atom stereocenters. The van der Waals surface area contributed by atoms with E-state index in [1.807, 2.05) is 18.2 Å². The number of aryl methyl sites for hydroxylation is 3. The maximum Gasteiger partial charge on any atom is 0.162 e. The number of nitrogens with zero attached hydrogens (tertiary/aromatic N) is 2. The number of anilines is 3. The first-order valence-electron chi connectivity index (χ1n) is 8.83. The van der Waals surface area contributed by atoms with Gasteiger partial charge in [0.2, 0.25) is 0 Å². The lowest BCUT2D eigenvalue weighted by molar-refractivity contribution is 0.675. The number of fused-ring (bicyclic) bond motifs is 1. The molecule has 1 aliphatic carbocycles. The average molecular weight is 352 g/mol. The van der Waals surface area contributed by atoms with Crippen LogP contribution in [0.5, 0.6) is 0 Å². The SMILES string of the molecule is Cc1cccc(C)c1N(c1cccc(Cl)c1)c1n[nH]c2c1CCCC2. The monoisotopic (exact) mass is 351 g/mol. The van der Waals surface area contributed by atoms with E-state index in [0.717, 1.165) is 29.4 Å². The molecule has 3 nitrogen and oxygen atoms in total. The summed E-state index contributed by atoms with van der Waals surface area (Å²) in [5, 5.41) is 8.73. The molecule has 0 amide bonds. The Hall–Kier alpha value is -2.26. The number of H-pyrrole nitrogens is 1. The minimum Gasteiger partial charge on any atom is -0.293 e. The highest BCUT2D eigenvalue weighted by molar-refractivity contribution is 6.30. The van der Waals surface area contributed by atoms with Crippen molar-refractivity contribution < 1.29 is 0 Å². The van der Waals surface area contributed by atoms with Crippen LogP contribution in [0.4, 0.5) is 17.2 Å². The molecule has 0 fully saturated rings. The molecule has 0 saturated heterocycles. The van der Waals surface area contributed by atoms with E-state index in [1.165, 1.54) is 40.9 Å². The van der Waals surface area contributed by atoms with Gasteiger partial charge in [-0.2, -0.15) is 5.10 Å². The van der Waals surface area contributed by atoms with Crippen molar-refractivity contribution in [3.05, 3.63) is 69.9 Å². The van der Waals surface area contributed by atoms with Crippen LogP contribution in [-0.2, 0) is 12.8 Å². The van der Waals surface area contributed by atoms with Crippen molar-refractivity contribution in [2.45, 2.75) is 39.5 Å². The van der Waals surface area contributed by atoms with Crippen molar-refractivity contribution in [1.29, 1.82) is 0 Å². The topological polar surface area (TPSA) is 31.9 Å². The molecule has 4 heteroatoms. The minimum atomic E-state index is 0.734. The molecule has 1 aromatic heterocycles. The zero-order valence-corrected chi connectivity index (χ0v) is 15.4. The van der Waals surface area contributed by atoms with E-state index in [2.05, 4.69) is 48.1 Å². The second kappa shape index (κ2) is 6.57. The quantitative estimate of drug-likeness (QED) is 0.624. The highest BCUT2D eigenvalue weighted by Gasteiger charge is 2.25. The summed E-state index contributed by atoms with van der Waals surface area (Å²) in [7, 11) is 0. The molecule has 0 atom stereocenters. The van der Waals surface area contributed by atoms with Crippen LogP contribution in [0.2, 0.25) is 5.02 Å². The Kier molecular flexibility index (Phi) is 4.26. The molecule has 0 aliphatic heterocycles. The molecule has 1 aliphatic rings. The summed E-state index contributed by atoms with van der Waals surface area (Å²) in [6.07, 6.45) is 4.60. The predicted octanol–water partition coefficient (Wildman–Crippen LogP) is 6.03. The standard InChI is InChI=1S/C21H22ClN3/c1-14-7-5-8-15(2)20(14)25(17-10-6-9-16(22)13-17)21-18-11-3-4-12-19(18)23-24-21/h5-10,13H,3-4,11-12H2,1-2H3,(H,23,24). The third kappa shape index (κ3) is 2.93. The summed E-state index contributed by atoms with van der Waals surface area (Å²) in [6.45, 7) is 4.30. The first kappa shape index (κ1) is 16.2. The predicted molar refractivity (Wildman–Crippen MR) is 104 cm³/mol. The molecule has 1 heterocycles. The summed E-state index contributed by atoms with van der Waals surface area (Å²) in [5.41, 5.74) is 7.31. The van der Waals surface area contributed by atoms with Gasteiger partial charge < -0.3 is 0 Å². The van der Waals surface area contributed by atoms with E-state index in [4.69, 9.17) is 16.7 Å². The molecule has 25 heavy (non-hydrogen) atoms. The molecule has 1 N–H and O–H groups in total. The molecule has 2 aromatic carbocycles. The fourth-order valence-electron chi connectivity index (χ4n) is 3.78. The van der Waals surface area contributed by atoms with E-state index in [0.29, 0.717) is 0 Å². The Labute approximate surface area is 153 Å². The molecule has 0 radical (unpaired) electrons. The zero-order valence-electron chi connectivity index (χ0n) is 14.6. The van der Waals surface area contributed by atoms with Gasteiger partial charge in [-0.05, 0) is 68.9 Å². The van der Waals surface area contributed by atoms with Crippen LogP contribution in [0.15, 0.2) is 42.5 Å². The highest BCUT2D eigenvalue weighted by atomic mass is 35.5. The molecular formula is C21H22ClN3. The molecule has 4 rings (SSSR count). The van der Waals surface area contributed by atoms with Crippen LogP contribution in [0.25, 0.3) is 0 Å². The average Bonchev–Trinajstić information content (AvgIpc) is 3.02. The fourth-order valence-corrected chi connectivity index (χ4v) is 3.96. The molecule has 3 aromatic rings. The number of hydrogen-bond acceptors (Lipinski definition) is 2. The lowest BCUT2D eigenvalue weighted by atomic mass is 9.96. The Morgan fingerprint density at radius 3 is 2.48 bits per heavy atom. The molecule has 0 bridgehead atoms. The van der Waals surface area contributed by atoms with Crippen LogP contribution >= 0.6 is 11.6 Å². The Balaban J connectivity index is 1.95. The van der Waals surface area contributed by atoms with E-state index in [-0.39, 0.29) is 0 Å². The van der Waals surface area contributed by atoms with E-state index in [1.54, 1.807) is 0 Å². The second-order valence-electron chi connectivity index (χ2n) is 6.77. The van der Waals surface area contributed by atoms with Crippen molar-refractivity contribution in [3.63, 3.8) is 0 Å². The molecule has 128 valence electrons. The highest BCUT2D eigenvalue weighted by Crippen LogP contribution is 2.41. The summed E-state index contributed by atoms with van der Waals surface area (Å²) >= 11 is 6.31. The maximum absolute atomic E-state index is 6.31. The van der Waals surface area contributed by atoms with Gasteiger partial charge in [-0.15, -0.1) is 0 Å². The van der Waals surface area contributed by atoms with Crippen molar-refractivity contribution in [1.82, 2.24) is 10.2 Å². The second-order valence-corrected chi connectivity index (χ2v) is 7.20. The molecule has 0 saturated carbocycles. The van der Waals surface area contributed by atoms with Crippen LogP contribution in [0, 0.1) is 13.8 Å². The van der Waals surface area contributed by atoms with Crippen LogP contribution in [0.3, 0.4) is 0 Å². The lowest BCUT2D eigenvalue weighted by Gasteiger charge is -2.28. The lowest BCUT2D eigenvalue weighted by Crippen LogP contribution is -2.15. The smallest absolute Gasteiger partial charge is 0.162 e. The van der Waals surface area contributed by atoms with Gasteiger partial charge in [0.05, 0.1) is 5.69 Å². The van der Waals surface area contributed by atoms with Crippen LogP contribution in [0.1, 0.15) is 35.2 Å². The Bertz CT molecular complexity index is 893. The zero-order chi connectivity index (χ0) is 17.4. The molecular weight excluding hydrogens is 330 g/mol. The van der Waals surface area contributed by atoms with Gasteiger partial charge in [0, 0.05) is 22.0 Å². The van der Waals surface area contributed by atoms with Gasteiger partial charge in [0.15, 0.2) is 5.82 Å². The minimum absolute atomic E-state index is 0.734. The largest absolute Gasteiger partial charge is 0.293 e. The number of benzene rings is 2. The molecule has 0 spiro atoms. The first-order valence-corrected chi connectivity index (χ1v) is 9.21. The fraction of sp³-hybridized carbons (Fsp3) is 0.286. The van der Waals surface area contributed by atoms with Crippen LogP contribution in [-0.4, -0.2) is 10.2 Å². The van der Waals surface area contributed by atoms with Crippen molar-refractivity contribution in [2.75, 3.05) is 4.90 Å². The number of hydrogen-bond donors (Lipinski definition) is 1. The maximum atomic E-state index is 6.31. The van der Waals surface area contributed by atoms with Crippen molar-refractivity contribution in [3.8, 4) is 0 Å². The number of halogens is 1. The normalized spacial score (nSPS) is 13.6. The van der Waals surface area contributed by atoms with Gasteiger partial charge in [-0.3, -0.25) is 10.00 Å². The van der Waals surface area contributed by atoms with Gasteiger partial charge in [-0.1, -0.05) is 35.9 Å². The van der Waals surface area contributed by atoms with Gasteiger partial charge in [0.25, 0.3) is 0 Å².